The van der Waals surface area contributed by atoms with Crippen LogP contribution in [0.4, 0.5) is 13.2 Å². The van der Waals surface area contributed by atoms with E-state index in [1.807, 2.05) is 0 Å². The fourth-order valence-electron chi connectivity index (χ4n) is 1.20. The van der Waals surface area contributed by atoms with Crippen LogP contribution in [0.3, 0.4) is 0 Å². The molecule has 1 unspecified atom stereocenters. The number of alkyl halides is 6. The fourth-order valence-corrected chi connectivity index (χ4v) is 3.87. The molecule has 132 valence electrons. The Kier molecular flexibility index (Phi) is 6.23. The first-order valence-electron chi connectivity index (χ1n) is 5.39. The van der Waals surface area contributed by atoms with Gasteiger partial charge in [-0.05, 0) is 12.1 Å². The average Bonchev–Trinajstić information content (AvgIpc) is 2.36. The molecule has 1 aromatic rings. The van der Waals surface area contributed by atoms with Crippen LogP contribution in [0.15, 0.2) is 35.2 Å². The lowest BCUT2D eigenvalue weighted by molar-refractivity contribution is -0.0451. The Morgan fingerprint density at radius 2 is 1.39 bits per heavy atom. The summed E-state index contributed by atoms with van der Waals surface area (Å²) in [6.45, 7) is 0. The maximum atomic E-state index is 12.4. The van der Waals surface area contributed by atoms with Gasteiger partial charge in [-0.1, -0.05) is 53.0 Å². The summed E-state index contributed by atoms with van der Waals surface area (Å²) in [7, 11) is -10.4. The maximum Gasteiger partial charge on any atom is 0.511 e. The second-order valence-electron chi connectivity index (χ2n) is 3.98. The van der Waals surface area contributed by atoms with Crippen LogP contribution in [-0.2, 0) is 20.0 Å². The van der Waals surface area contributed by atoms with E-state index in [0.29, 0.717) is 0 Å². The molecule has 0 aliphatic heterocycles. The molecule has 0 bridgehead atoms. The highest BCUT2D eigenvalue weighted by Crippen LogP contribution is 2.32. The summed E-state index contributed by atoms with van der Waals surface area (Å²) in [6, 6.07) is 6.36. The minimum atomic E-state index is -5.96. The summed E-state index contributed by atoms with van der Waals surface area (Å²) in [5.74, 6) is 0. The highest BCUT2D eigenvalue weighted by molar-refractivity contribution is 7.90. The second kappa shape index (κ2) is 6.90. The van der Waals surface area contributed by atoms with E-state index >= 15 is 0 Å². The molecule has 2 N–H and O–H groups in total. The number of rotatable bonds is 5. The van der Waals surface area contributed by atoms with Crippen molar-refractivity contribution in [1.29, 1.82) is 0 Å². The Morgan fingerprint density at radius 3 is 1.78 bits per heavy atom. The molecule has 1 atom stereocenters. The molecular weight excluding hydrogens is 428 g/mol. The van der Waals surface area contributed by atoms with Crippen molar-refractivity contribution in [2.75, 3.05) is 0 Å². The van der Waals surface area contributed by atoms with Gasteiger partial charge in [0.1, 0.15) is 6.17 Å². The highest BCUT2D eigenvalue weighted by atomic mass is 35.6. The largest absolute Gasteiger partial charge is 0.511 e. The van der Waals surface area contributed by atoms with Gasteiger partial charge in [0.2, 0.25) is 13.8 Å². The first-order chi connectivity index (χ1) is 10.2. The van der Waals surface area contributed by atoms with E-state index in [-0.39, 0.29) is 4.90 Å². The van der Waals surface area contributed by atoms with Crippen LogP contribution in [0.1, 0.15) is 0 Å². The average molecular weight is 436 g/mol. The summed E-state index contributed by atoms with van der Waals surface area (Å²) in [4.78, 5) is -0.370. The molecule has 0 saturated carbocycles. The Bertz CT molecular complexity index is 748. The van der Waals surface area contributed by atoms with Crippen molar-refractivity contribution in [3.63, 3.8) is 0 Å². The molecule has 23 heavy (non-hydrogen) atoms. The third-order valence-electron chi connectivity index (χ3n) is 2.23. The predicted molar refractivity (Wildman–Crippen MR) is 79.0 cm³/mol. The summed E-state index contributed by atoms with van der Waals surface area (Å²) in [5.41, 5.74) is -5.72. The van der Waals surface area contributed by atoms with E-state index in [1.54, 1.807) is 4.72 Å². The van der Waals surface area contributed by atoms with Crippen LogP contribution in [0, 0.1) is 0 Å². The van der Waals surface area contributed by atoms with Crippen molar-refractivity contribution < 1.29 is 30.0 Å². The number of halogens is 6. The van der Waals surface area contributed by atoms with Gasteiger partial charge in [0.05, 0.1) is 4.90 Å². The van der Waals surface area contributed by atoms with Gasteiger partial charge in [0.25, 0.3) is 0 Å². The van der Waals surface area contributed by atoms with E-state index in [1.165, 1.54) is 18.2 Å². The minimum absolute atomic E-state index is 0.370. The van der Waals surface area contributed by atoms with Gasteiger partial charge in [-0.25, -0.2) is 16.8 Å². The number of nitrogens with one attached hydrogen (secondary N) is 2. The van der Waals surface area contributed by atoms with E-state index in [2.05, 4.69) is 0 Å². The van der Waals surface area contributed by atoms with Gasteiger partial charge < -0.3 is 0 Å². The Balaban J connectivity index is 3.17. The summed E-state index contributed by atoms with van der Waals surface area (Å²) in [5, 5.41) is 0. The normalized spacial score (nSPS) is 15.4. The van der Waals surface area contributed by atoms with E-state index in [4.69, 9.17) is 34.8 Å². The second-order valence-corrected chi connectivity index (χ2v) is 9.76. The van der Waals surface area contributed by atoms with E-state index in [0.717, 1.165) is 16.9 Å². The van der Waals surface area contributed by atoms with Gasteiger partial charge in [-0.2, -0.15) is 22.6 Å². The molecule has 0 aromatic heterocycles. The first kappa shape index (κ1) is 20.7. The topological polar surface area (TPSA) is 92.3 Å². The third-order valence-corrected chi connectivity index (χ3v) is 5.48. The van der Waals surface area contributed by atoms with E-state index in [9.17, 15) is 30.0 Å². The van der Waals surface area contributed by atoms with Gasteiger partial charge >= 0.3 is 15.5 Å². The van der Waals surface area contributed by atoms with Crippen LogP contribution in [0.2, 0.25) is 0 Å². The zero-order chi connectivity index (χ0) is 18.1. The van der Waals surface area contributed by atoms with Gasteiger partial charge in [-0.15, -0.1) is 0 Å². The lowest BCUT2D eigenvalue weighted by Gasteiger charge is -2.26. The SMILES string of the molecule is O=S(=O)(NC(NS(=O)(=O)C(F)(F)F)C(Cl)(Cl)Cl)c1ccccc1. The maximum absolute atomic E-state index is 12.4. The van der Waals surface area contributed by atoms with E-state index < -0.39 is 35.5 Å². The van der Waals surface area contributed by atoms with Crippen LogP contribution in [-0.4, -0.2) is 32.3 Å². The molecule has 1 aromatic carbocycles. The van der Waals surface area contributed by atoms with Crippen molar-refractivity contribution in [3.8, 4) is 0 Å². The molecule has 1 rings (SSSR count). The molecule has 0 amide bonds. The van der Waals surface area contributed by atoms with Crippen molar-refractivity contribution >= 4 is 54.8 Å². The van der Waals surface area contributed by atoms with Gasteiger partial charge in [0, 0.05) is 0 Å². The summed E-state index contributed by atoms with van der Waals surface area (Å²) in [6.07, 6.45) is -2.40. The van der Waals surface area contributed by atoms with Crippen LogP contribution in [0.25, 0.3) is 0 Å². The van der Waals surface area contributed by atoms with Crippen molar-refractivity contribution in [2.24, 2.45) is 0 Å². The van der Waals surface area contributed by atoms with Crippen molar-refractivity contribution in [2.45, 2.75) is 20.4 Å². The summed E-state index contributed by atoms with van der Waals surface area (Å²) >= 11 is 16.1. The Labute approximate surface area is 145 Å². The smallest absolute Gasteiger partial charge is 0.207 e. The standard InChI is InChI=1S/C9H8Cl3F3N2O4S2/c10-8(11,12)7(17-23(20,21)9(13,14)15)16-22(18,19)6-4-2-1-3-5-6/h1-5,7,16-17H. The summed E-state index contributed by atoms with van der Waals surface area (Å²) < 4.78 is 83.1. The Hall–Kier alpha value is -0.300. The number of benzene rings is 1. The molecule has 0 aliphatic rings. The lowest BCUT2D eigenvalue weighted by Crippen LogP contribution is -2.57. The monoisotopic (exact) mass is 434 g/mol. The number of hydrogen-bond acceptors (Lipinski definition) is 4. The molecule has 0 fully saturated rings. The minimum Gasteiger partial charge on any atom is -0.207 e. The van der Waals surface area contributed by atoms with Crippen LogP contribution >= 0.6 is 34.8 Å². The third kappa shape index (κ3) is 5.62. The molecule has 0 saturated heterocycles. The van der Waals surface area contributed by atoms with Gasteiger partial charge in [-0.3, -0.25) is 0 Å². The first-order valence-corrected chi connectivity index (χ1v) is 9.49. The molecular formula is C9H8Cl3F3N2O4S2. The van der Waals surface area contributed by atoms with Crippen LogP contribution in [0.5, 0.6) is 0 Å². The predicted octanol–water partition coefficient (Wildman–Crippen LogP) is 2.10. The quantitative estimate of drug-likeness (QED) is 0.547. The molecule has 0 aliphatic carbocycles. The van der Waals surface area contributed by atoms with Crippen molar-refractivity contribution in [3.05, 3.63) is 30.3 Å². The fraction of sp³-hybridized carbons (Fsp3) is 0.333. The van der Waals surface area contributed by atoms with Crippen molar-refractivity contribution in [1.82, 2.24) is 9.44 Å². The molecule has 14 heteroatoms. The zero-order valence-corrected chi connectivity index (χ0v) is 14.6. The molecule has 0 radical (unpaired) electrons. The highest BCUT2D eigenvalue weighted by Gasteiger charge is 2.50. The lowest BCUT2D eigenvalue weighted by atomic mass is 10.4. The number of sulfonamides is 2. The molecule has 0 heterocycles. The van der Waals surface area contributed by atoms with Gasteiger partial charge in [0.15, 0.2) is 0 Å². The number of hydrogen-bond donors (Lipinski definition) is 2. The Morgan fingerprint density at radius 1 is 0.913 bits per heavy atom. The zero-order valence-electron chi connectivity index (χ0n) is 10.7. The van der Waals surface area contributed by atoms with Crippen LogP contribution < -0.4 is 9.44 Å². The molecule has 0 spiro atoms. The molecule has 6 nitrogen and oxygen atoms in total.